The van der Waals surface area contributed by atoms with Gasteiger partial charge in [0.15, 0.2) is 0 Å². The van der Waals surface area contributed by atoms with Gasteiger partial charge in [0, 0.05) is 6.54 Å². The van der Waals surface area contributed by atoms with Gasteiger partial charge in [-0.2, -0.15) is 5.26 Å². The van der Waals surface area contributed by atoms with Crippen molar-refractivity contribution >= 4 is 27.4 Å². The number of aliphatic hydroxyl groups excluding tert-OH is 1. The van der Waals surface area contributed by atoms with Crippen molar-refractivity contribution in [2.24, 2.45) is 0 Å². The Morgan fingerprint density at radius 1 is 1.29 bits per heavy atom. The topological polar surface area (TPSA) is 140 Å². The van der Waals surface area contributed by atoms with Crippen molar-refractivity contribution in [3.05, 3.63) is 47.5 Å². The summed E-state index contributed by atoms with van der Waals surface area (Å²) in [7, 11) is -3.16. The molecule has 10 heteroatoms. The fourth-order valence-electron chi connectivity index (χ4n) is 3.62. The Bertz CT molecular complexity index is 1130. The minimum absolute atomic E-state index is 0.0388. The first kappa shape index (κ1) is 22.4. The van der Waals surface area contributed by atoms with Gasteiger partial charge in [0.25, 0.3) is 10.0 Å². The summed E-state index contributed by atoms with van der Waals surface area (Å²) in [6.45, 7) is 0.531. The maximum atomic E-state index is 13.1. The number of sulfonamides is 1. The number of phenolic OH excluding ortho intramolecular Hbond substituents is 1. The van der Waals surface area contributed by atoms with Crippen LogP contribution in [0.5, 0.6) is 5.75 Å². The van der Waals surface area contributed by atoms with E-state index in [9.17, 15) is 28.7 Å². The number of rotatable bonds is 6. The summed E-state index contributed by atoms with van der Waals surface area (Å²) in [6, 6.07) is 9.78. The van der Waals surface area contributed by atoms with Gasteiger partial charge in [-0.25, -0.2) is 13.2 Å². The zero-order valence-electron chi connectivity index (χ0n) is 16.9. The normalized spacial score (nSPS) is 16.4. The van der Waals surface area contributed by atoms with Crippen LogP contribution in [0.1, 0.15) is 35.2 Å². The summed E-state index contributed by atoms with van der Waals surface area (Å²) in [6.07, 6.45) is 2.59. The molecule has 164 valence electrons. The van der Waals surface area contributed by atoms with E-state index in [-0.39, 0.29) is 29.5 Å². The summed E-state index contributed by atoms with van der Waals surface area (Å²) in [5.41, 5.74) is 0.863. The molecule has 3 rings (SSSR count). The van der Waals surface area contributed by atoms with Crippen LogP contribution in [0.3, 0.4) is 0 Å². The molecule has 0 bridgehead atoms. The first-order valence-corrected chi connectivity index (χ1v) is 11.1. The van der Waals surface area contributed by atoms with Gasteiger partial charge in [-0.05, 0) is 55.7 Å². The maximum Gasteiger partial charge on any atom is 0.337 e. The Morgan fingerprint density at radius 2 is 2.06 bits per heavy atom. The van der Waals surface area contributed by atoms with Crippen LogP contribution in [0.15, 0.2) is 41.3 Å². The minimum Gasteiger partial charge on any atom is -0.507 e. The van der Waals surface area contributed by atoms with Gasteiger partial charge in [-0.3, -0.25) is 4.72 Å². The Hall–Kier alpha value is -3.29. The van der Waals surface area contributed by atoms with Crippen LogP contribution in [0.25, 0.3) is 0 Å². The third kappa shape index (κ3) is 4.73. The Labute approximate surface area is 180 Å². The van der Waals surface area contributed by atoms with Crippen molar-refractivity contribution in [3.63, 3.8) is 0 Å². The van der Waals surface area contributed by atoms with Crippen LogP contribution in [0, 0.1) is 11.3 Å². The van der Waals surface area contributed by atoms with Crippen LogP contribution >= 0.6 is 0 Å². The number of nitriles is 1. The second kappa shape index (κ2) is 9.24. The van der Waals surface area contributed by atoms with Gasteiger partial charge in [-0.1, -0.05) is 0 Å². The van der Waals surface area contributed by atoms with Gasteiger partial charge < -0.3 is 19.8 Å². The summed E-state index contributed by atoms with van der Waals surface area (Å²) in [5.74, 6) is -1.29. The number of ether oxygens (including phenoxy) is 1. The van der Waals surface area contributed by atoms with Crippen LogP contribution in [0.4, 0.5) is 11.4 Å². The lowest BCUT2D eigenvalue weighted by molar-refractivity contribution is 0.0600. The van der Waals surface area contributed by atoms with Gasteiger partial charge >= 0.3 is 5.97 Å². The summed E-state index contributed by atoms with van der Waals surface area (Å²) in [5, 5.41) is 29.2. The fourth-order valence-corrected chi connectivity index (χ4v) is 4.81. The van der Waals surface area contributed by atoms with Crippen LogP contribution in [-0.4, -0.2) is 50.9 Å². The number of carbonyl (C=O) groups is 1. The molecule has 9 nitrogen and oxygen atoms in total. The van der Waals surface area contributed by atoms with E-state index in [0.717, 1.165) is 38.5 Å². The molecule has 1 unspecified atom stereocenters. The average Bonchev–Trinajstić information content (AvgIpc) is 2.78. The van der Waals surface area contributed by atoms with Crippen molar-refractivity contribution in [2.75, 3.05) is 29.9 Å². The van der Waals surface area contributed by atoms with Crippen LogP contribution in [0.2, 0.25) is 0 Å². The maximum absolute atomic E-state index is 13.1. The molecular formula is C21H23N3O6S. The number of carbonyl (C=O) groups excluding carboxylic acids is 1. The molecule has 31 heavy (non-hydrogen) atoms. The number of hydrogen-bond acceptors (Lipinski definition) is 8. The molecular weight excluding hydrogens is 422 g/mol. The number of nitrogens with one attached hydrogen (secondary N) is 1. The van der Waals surface area contributed by atoms with E-state index in [2.05, 4.69) is 9.46 Å². The zero-order chi connectivity index (χ0) is 22.6. The SMILES string of the molecule is COC(=O)c1ccc(O)c(S(=O)(=O)Nc2cc(C#N)ccc2N2CCCCC2CO)c1. The van der Waals surface area contributed by atoms with Crippen molar-refractivity contribution in [1.82, 2.24) is 0 Å². The zero-order valence-corrected chi connectivity index (χ0v) is 17.7. The van der Waals surface area contributed by atoms with Gasteiger partial charge in [0.05, 0.1) is 48.3 Å². The quantitative estimate of drug-likeness (QED) is 0.575. The predicted octanol–water partition coefficient (Wildman–Crippen LogP) is 2.20. The molecule has 1 aliphatic rings. The molecule has 0 saturated carbocycles. The monoisotopic (exact) mass is 445 g/mol. The molecule has 0 amide bonds. The summed E-state index contributed by atoms with van der Waals surface area (Å²) in [4.78, 5) is 13.2. The van der Waals surface area contributed by atoms with Crippen molar-refractivity contribution < 1.29 is 28.2 Å². The van der Waals surface area contributed by atoms with E-state index in [1.54, 1.807) is 12.1 Å². The molecule has 1 saturated heterocycles. The molecule has 2 aromatic rings. The lowest BCUT2D eigenvalue weighted by atomic mass is 10.0. The van der Waals surface area contributed by atoms with E-state index in [4.69, 9.17) is 0 Å². The average molecular weight is 445 g/mol. The number of nitrogens with zero attached hydrogens (tertiary/aromatic N) is 2. The number of esters is 1. The Morgan fingerprint density at radius 3 is 2.74 bits per heavy atom. The largest absolute Gasteiger partial charge is 0.507 e. The number of piperidine rings is 1. The highest BCUT2D eigenvalue weighted by Gasteiger charge is 2.27. The number of phenols is 1. The third-order valence-corrected chi connectivity index (χ3v) is 6.58. The highest BCUT2D eigenvalue weighted by atomic mass is 32.2. The molecule has 1 atom stereocenters. The first-order chi connectivity index (χ1) is 14.8. The molecule has 3 N–H and O–H groups in total. The smallest absolute Gasteiger partial charge is 0.337 e. The third-order valence-electron chi connectivity index (χ3n) is 5.19. The Kier molecular flexibility index (Phi) is 6.68. The molecule has 0 radical (unpaired) electrons. The summed E-state index contributed by atoms with van der Waals surface area (Å²) >= 11 is 0. The lowest BCUT2D eigenvalue weighted by Gasteiger charge is -2.37. The molecule has 1 aliphatic heterocycles. The number of hydrogen-bond donors (Lipinski definition) is 3. The van der Waals surface area contributed by atoms with Crippen molar-refractivity contribution in [1.29, 1.82) is 5.26 Å². The lowest BCUT2D eigenvalue weighted by Crippen LogP contribution is -2.42. The van der Waals surface area contributed by atoms with Crippen molar-refractivity contribution in [3.8, 4) is 11.8 Å². The molecule has 0 spiro atoms. The predicted molar refractivity (Wildman–Crippen MR) is 113 cm³/mol. The van der Waals surface area contributed by atoms with Crippen LogP contribution < -0.4 is 9.62 Å². The summed E-state index contributed by atoms with van der Waals surface area (Å²) < 4.78 is 33.2. The number of anilines is 2. The molecule has 2 aromatic carbocycles. The van der Waals surface area contributed by atoms with E-state index in [1.807, 2.05) is 11.0 Å². The van der Waals surface area contributed by atoms with E-state index < -0.39 is 26.6 Å². The first-order valence-electron chi connectivity index (χ1n) is 9.66. The van der Waals surface area contributed by atoms with Crippen molar-refractivity contribution in [2.45, 2.75) is 30.2 Å². The van der Waals surface area contributed by atoms with Gasteiger partial charge in [-0.15, -0.1) is 0 Å². The molecule has 0 aliphatic carbocycles. The standard InChI is InChI=1S/C21H23N3O6S/c1-30-21(27)15-6-8-19(26)20(11-15)31(28,29)23-17-10-14(12-22)5-7-18(17)24-9-3-2-4-16(24)13-25/h5-8,10-11,16,23,25-26H,2-4,9,13H2,1H3. The second-order valence-electron chi connectivity index (χ2n) is 7.15. The van der Waals surface area contributed by atoms with E-state index in [1.165, 1.54) is 12.1 Å². The number of aromatic hydroxyl groups is 1. The van der Waals surface area contributed by atoms with Gasteiger partial charge in [0.1, 0.15) is 10.6 Å². The minimum atomic E-state index is -4.32. The van der Waals surface area contributed by atoms with Gasteiger partial charge in [0.2, 0.25) is 0 Å². The van der Waals surface area contributed by atoms with Crippen LogP contribution in [-0.2, 0) is 14.8 Å². The number of aliphatic hydroxyl groups is 1. The fraction of sp³-hybridized carbons (Fsp3) is 0.333. The molecule has 1 fully saturated rings. The molecule has 0 aromatic heterocycles. The number of benzene rings is 2. The highest BCUT2D eigenvalue weighted by Crippen LogP contribution is 2.35. The highest BCUT2D eigenvalue weighted by molar-refractivity contribution is 7.92. The number of methoxy groups -OCH3 is 1. The Balaban J connectivity index is 2.05. The van der Waals surface area contributed by atoms with E-state index >= 15 is 0 Å². The van der Waals surface area contributed by atoms with E-state index in [0.29, 0.717) is 12.2 Å². The molecule has 1 heterocycles. The second-order valence-corrected chi connectivity index (χ2v) is 8.80.